The highest BCUT2D eigenvalue weighted by Crippen LogP contribution is 2.20. The van der Waals surface area contributed by atoms with Gasteiger partial charge in [0.05, 0.1) is 23.5 Å². The molecule has 0 amide bonds. The molecule has 0 aliphatic rings. The SMILES string of the molecule is Cc1cccc(-n2ncc3c2ncn2nc(CON=Cc4ccccc4)nc32)c1. The van der Waals surface area contributed by atoms with Crippen molar-refractivity contribution in [3.63, 3.8) is 0 Å². The second kappa shape index (κ2) is 7.16. The summed E-state index contributed by atoms with van der Waals surface area (Å²) < 4.78 is 3.43. The van der Waals surface area contributed by atoms with Gasteiger partial charge in [0.25, 0.3) is 0 Å². The zero-order valence-corrected chi connectivity index (χ0v) is 15.7. The molecule has 0 bridgehead atoms. The zero-order chi connectivity index (χ0) is 19.6. The lowest BCUT2D eigenvalue weighted by Crippen LogP contribution is -1.99. The molecule has 3 heterocycles. The molecule has 0 aliphatic heterocycles. The minimum Gasteiger partial charge on any atom is -0.387 e. The Hall–Kier alpha value is -4.07. The molecule has 142 valence electrons. The summed E-state index contributed by atoms with van der Waals surface area (Å²) in [6.07, 6.45) is 5.05. The maximum Gasteiger partial charge on any atom is 0.192 e. The molecule has 5 rings (SSSR count). The van der Waals surface area contributed by atoms with E-state index in [0.29, 0.717) is 11.5 Å². The van der Waals surface area contributed by atoms with Crippen molar-refractivity contribution in [1.82, 2.24) is 29.4 Å². The Morgan fingerprint density at radius 3 is 2.83 bits per heavy atom. The van der Waals surface area contributed by atoms with Crippen molar-refractivity contribution in [1.29, 1.82) is 0 Å². The third kappa shape index (κ3) is 3.31. The average molecular weight is 383 g/mol. The van der Waals surface area contributed by atoms with Crippen molar-refractivity contribution >= 4 is 22.9 Å². The van der Waals surface area contributed by atoms with Crippen LogP contribution in [0.2, 0.25) is 0 Å². The van der Waals surface area contributed by atoms with Gasteiger partial charge in [-0.05, 0) is 30.2 Å². The fourth-order valence-electron chi connectivity index (χ4n) is 3.11. The van der Waals surface area contributed by atoms with E-state index < -0.39 is 0 Å². The van der Waals surface area contributed by atoms with Crippen molar-refractivity contribution in [2.24, 2.45) is 5.16 Å². The van der Waals surface area contributed by atoms with Crippen LogP contribution in [0.5, 0.6) is 0 Å². The summed E-state index contributed by atoms with van der Waals surface area (Å²) in [6, 6.07) is 17.8. The third-order valence-electron chi connectivity index (χ3n) is 4.47. The topological polar surface area (TPSA) is 82.5 Å². The molecular weight excluding hydrogens is 366 g/mol. The van der Waals surface area contributed by atoms with Crippen LogP contribution in [0.1, 0.15) is 17.0 Å². The van der Waals surface area contributed by atoms with Crippen molar-refractivity contribution < 1.29 is 4.84 Å². The summed E-state index contributed by atoms with van der Waals surface area (Å²) in [5, 5.41) is 13.7. The van der Waals surface area contributed by atoms with E-state index in [9.17, 15) is 0 Å². The van der Waals surface area contributed by atoms with Crippen LogP contribution in [0.25, 0.3) is 22.4 Å². The number of hydrogen-bond donors (Lipinski definition) is 0. The van der Waals surface area contributed by atoms with Gasteiger partial charge in [-0.15, -0.1) is 5.10 Å². The van der Waals surface area contributed by atoms with E-state index in [1.54, 1.807) is 27.9 Å². The summed E-state index contributed by atoms with van der Waals surface area (Å²) in [7, 11) is 0. The molecule has 0 radical (unpaired) electrons. The van der Waals surface area contributed by atoms with Gasteiger partial charge in [-0.1, -0.05) is 47.6 Å². The number of benzene rings is 2. The Kier molecular flexibility index (Phi) is 4.21. The van der Waals surface area contributed by atoms with Gasteiger partial charge in [0.2, 0.25) is 0 Å². The molecule has 3 aromatic heterocycles. The van der Waals surface area contributed by atoms with E-state index in [0.717, 1.165) is 27.8 Å². The van der Waals surface area contributed by atoms with Gasteiger partial charge in [-0.3, -0.25) is 0 Å². The number of aryl methyl sites for hydroxylation is 1. The van der Waals surface area contributed by atoms with Crippen LogP contribution in [-0.2, 0) is 11.4 Å². The number of oxime groups is 1. The zero-order valence-electron chi connectivity index (χ0n) is 15.7. The van der Waals surface area contributed by atoms with Crippen molar-refractivity contribution in [3.05, 3.63) is 84.1 Å². The molecule has 2 aromatic carbocycles. The van der Waals surface area contributed by atoms with Crippen LogP contribution in [0.3, 0.4) is 0 Å². The van der Waals surface area contributed by atoms with E-state index in [-0.39, 0.29) is 6.61 Å². The monoisotopic (exact) mass is 383 g/mol. The molecule has 29 heavy (non-hydrogen) atoms. The normalized spacial score (nSPS) is 11.6. The molecule has 0 N–H and O–H groups in total. The predicted octanol–water partition coefficient (Wildman–Crippen LogP) is 3.32. The molecule has 0 saturated carbocycles. The lowest BCUT2D eigenvalue weighted by atomic mass is 10.2. The van der Waals surface area contributed by atoms with Gasteiger partial charge < -0.3 is 4.84 Å². The van der Waals surface area contributed by atoms with Crippen LogP contribution < -0.4 is 0 Å². The maximum absolute atomic E-state index is 5.34. The quantitative estimate of drug-likeness (QED) is 0.343. The van der Waals surface area contributed by atoms with Gasteiger partial charge >= 0.3 is 0 Å². The number of hydrogen-bond acceptors (Lipinski definition) is 6. The smallest absolute Gasteiger partial charge is 0.192 e. The van der Waals surface area contributed by atoms with Crippen LogP contribution >= 0.6 is 0 Å². The first-order valence-corrected chi connectivity index (χ1v) is 9.13. The van der Waals surface area contributed by atoms with Gasteiger partial charge in [-0.25, -0.2) is 19.2 Å². The molecule has 0 atom stereocenters. The largest absolute Gasteiger partial charge is 0.387 e. The molecule has 0 saturated heterocycles. The number of aromatic nitrogens is 6. The van der Waals surface area contributed by atoms with E-state index in [4.69, 9.17) is 4.84 Å². The lowest BCUT2D eigenvalue weighted by Gasteiger charge is -2.03. The highest BCUT2D eigenvalue weighted by Gasteiger charge is 2.13. The first-order valence-electron chi connectivity index (χ1n) is 9.13. The summed E-state index contributed by atoms with van der Waals surface area (Å²) >= 11 is 0. The highest BCUT2D eigenvalue weighted by atomic mass is 16.6. The van der Waals surface area contributed by atoms with Crippen molar-refractivity contribution in [2.75, 3.05) is 0 Å². The Bertz CT molecular complexity index is 1320. The Morgan fingerprint density at radius 2 is 1.97 bits per heavy atom. The van der Waals surface area contributed by atoms with Crippen molar-refractivity contribution in [3.8, 4) is 5.69 Å². The molecule has 0 unspecified atom stereocenters. The second-order valence-corrected chi connectivity index (χ2v) is 6.59. The summed E-state index contributed by atoms with van der Waals surface area (Å²) in [4.78, 5) is 14.4. The van der Waals surface area contributed by atoms with E-state index in [1.807, 2.05) is 55.5 Å². The molecule has 0 spiro atoms. The van der Waals surface area contributed by atoms with Gasteiger partial charge in [0.1, 0.15) is 6.33 Å². The summed E-state index contributed by atoms with van der Waals surface area (Å²) in [6.45, 7) is 2.21. The van der Waals surface area contributed by atoms with Gasteiger partial charge in [-0.2, -0.15) is 5.10 Å². The number of rotatable bonds is 5. The van der Waals surface area contributed by atoms with Crippen LogP contribution in [0.15, 0.2) is 72.3 Å². The Labute approximate surface area is 166 Å². The van der Waals surface area contributed by atoms with E-state index >= 15 is 0 Å². The fourth-order valence-corrected chi connectivity index (χ4v) is 3.11. The third-order valence-corrected chi connectivity index (χ3v) is 4.47. The average Bonchev–Trinajstić information content (AvgIpc) is 3.35. The fraction of sp³-hybridized carbons (Fsp3) is 0.0952. The molecule has 8 nitrogen and oxygen atoms in total. The number of fused-ring (bicyclic) bond motifs is 3. The first-order chi connectivity index (χ1) is 14.3. The standard InChI is InChI=1S/C21H17N7O/c1-15-6-5-9-17(10-15)28-20-18(12-23-28)21-25-19(26-27(21)14-22-20)13-29-24-11-16-7-3-2-4-8-16/h2-12,14H,13H2,1H3. The van der Waals surface area contributed by atoms with E-state index in [2.05, 4.69) is 31.4 Å². The molecule has 0 aliphatic carbocycles. The first kappa shape index (κ1) is 17.1. The summed E-state index contributed by atoms with van der Waals surface area (Å²) in [5.74, 6) is 0.521. The number of nitrogens with zero attached hydrogens (tertiary/aromatic N) is 7. The molecule has 5 aromatic rings. The molecule has 0 fully saturated rings. The van der Waals surface area contributed by atoms with Crippen molar-refractivity contribution in [2.45, 2.75) is 13.5 Å². The van der Waals surface area contributed by atoms with Crippen LogP contribution in [-0.4, -0.2) is 35.6 Å². The summed E-state index contributed by atoms with van der Waals surface area (Å²) in [5.41, 5.74) is 4.48. The van der Waals surface area contributed by atoms with Crippen LogP contribution in [0, 0.1) is 6.92 Å². The van der Waals surface area contributed by atoms with Gasteiger partial charge in [0, 0.05) is 0 Å². The minimum atomic E-state index is 0.165. The predicted molar refractivity (Wildman–Crippen MR) is 109 cm³/mol. The minimum absolute atomic E-state index is 0.165. The maximum atomic E-state index is 5.34. The lowest BCUT2D eigenvalue weighted by molar-refractivity contribution is 0.126. The van der Waals surface area contributed by atoms with E-state index in [1.165, 1.54) is 0 Å². The highest BCUT2D eigenvalue weighted by molar-refractivity contribution is 5.89. The molecular formula is C21H17N7O. The van der Waals surface area contributed by atoms with Gasteiger partial charge in [0.15, 0.2) is 23.7 Å². The second-order valence-electron chi connectivity index (χ2n) is 6.59. The Morgan fingerprint density at radius 1 is 1.07 bits per heavy atom. The Balaban J connectivity index is 1.41. The van der Waals surface area contributed by atoms with Crippen LogP contribution in [0.4, 0.5) is 0 Å². The molecule has 8 heteroatoms.